The minimum absolute atomic E-state index is 0.217. The lowest BCUT2D eigenvalue weighted by atomic mass is 10.1. The molecule has 0 N–H and O–H groups in total. The molecule has 0 radical (unpaired) electrons. The maximum atomic E-state index is 11.7. The molecule has 2 nitrogen and oxygen atoms in total. The van der Waals surface area contributed by atoms with Gasteiger partial charge >= 0.3 is 6.18 Å². The molecule has 1 aromatic heterocycles. The molecule has 0 saturated heterocycles. The Morgan fingerprint density at radius 3 is 2.75 bits per heavy atom. The Labute approximate surface area is 95.0 Å². The van der Waals surface area contributed by atoms with Gasteiger partial charge in [-0.1, -0.05) is 0 Å². The van der Waals surface area contributed by atoms with Crippen LogP contribution in [-0.2, 0) is 16.0 Å². The summed E-state index contributed by atoms with van der Waals surface area (Å²) in [5.41, 5.74) is 1.02. The van der Waals surface area contributed by atoms with Crippen LogP contribution in [0, 0.1) is 0 Å². The van der Waals surface area contributed by atoms with Crippen molar-refractivity contribution in [2.75, 3.05) is 13.2 Å². The van der Waals surface area contributed by atoms with E-state index in [1.165, 1.54) is 11.3 Å². The number of hydrogen-bond acceptors (Lipinski definition) is 3. The summed E-state index contributed by atoms with van der Waals surface area (Å²) in [5, 5.41) is 3.80. The molecular weight excluding hydrogens is 241 g/mol. The minimum Gasteiger partial charge on any atom is -0.364 e. The van der Waals surface area contributed by atoms with Crippen LogP contribution in [0.3, 0.4) is 0 Å². The standard InChI is InChI=1S/C10H11F3O2S/c11-10(12,13)7-15-5-9(14)2-1-8-3-4-16-6-8/h3-4,6H,1-2,5,7H2. The van der Waals surface area contributed by atoms with Gasteiger partial charge in [-0.25, -0.2) is 0 Å². The van der Waals surface area contributed by atoms with E-state index in [1.807, 2.05) is 16.8 Å². The van der Waals surface area contributed by atoms with Crippen molar-refractivity contribution in [3.8, 4) is 0 Å². The molecule has 0 fully saturated rings. The highest BCUT2D eigenvalue weighted by molar-refractivity contribution is 7.07. The average Bonchev–Trinajstić information content (AvgIpc) is 2.65. The van der Waals surface area contributed by atoms with Crippen molar-refractivity contribution in [2.45, 2.75) is 19.0 Å². The first-order valence-electron chi connectivity index (χ1n) is 4.64. The maximum absolute atomic E-state index is 11.7. The fourth-order valence-corrected chi connectivity index (χ4v) is 1.77. The van der Waals surface area contributed by atoms with Crippen molar-refractivity contribution in [2.24, 2.45) is 0 Å². The molecule has 0 unspecified atom stereocenters. The monoisotopic (exact) mass is 252 g/mol. The fraction of sp³-hybridized carbons (Fsp3) is 0.500. The molecule has 6 heteroatoms. The molecule has 0 atom stereocenters. The molecule has 0 aliphatic carbocycles. The number of halogens is 3. The first kappa shape index (κ1) is 13.2. The van der Waals surface area contributed by atoms with E-state index in [4.69, 9.17) is 0 Å². The maximum Gasteiger partial charge on any atom is 0.411 e. The van der Waals surface area contributed by atoms with Crippen LogP contribution in [0.1, 0.15) is 12.0 Å². The van der Waals surface area contributed by atoms with Gasteiger partial charge in [0.1, 0.15) is 13.2 Å². The van der Waals surface area contributed by atoms with E-state index in [-0.39, 0.29) is 12.2 Å². The van der Waals surface area contributed by atoms with E-state index in [0.29, 0.717) is 6.42 Å². The first-order chi connectivity index (χ1) is 7.47. The smallest absolute Gasteiger partial charge is 0.364 e. The molecule has 1 aromatic rings. The third-order valence-corrected chi connectivity index (χ3v) is 2.53. The summed E-state index contributed by atoms with van der Waals surface area (Å²) in [6.45, 7) is -1.83. The molecule has 0 aliphatic rings. The van der Waals surface area contributed by atoms with Crippen molar-refractivity contribution in [1.29, 1.82) is 0 Å². The topological polar surface area (TPSA) is 26.3 Å². The molecule has 0 spiro atoms. The van der Waals surface area contributed by atoms with E-state index >= 15 is 0 Å². The van der Waals surface area contributed by atoms with Crippen LogP contribution in [0.15, 0.2) is 16.8 Å². The third-order valence-electron chi connectivity index (χ3n) is 1.80. The molecule has 1 rings (SSSR count). The van der Waals surface area contributed by atoms with Crippen LogP contribution in [0.4, 0.5) is 13.2 Å². The lowest BCUT2D eigenvalue weighted by Gasteiger charge is -2.06. The number of carbonyl (C=O) groups is 1. The Balaban J connectivity index is 2.12. The van der Waals surface area contributed by atoms with Crippen molar-refractivity contribution in [3.05, 3.63) is 22.4 Å². The summed E-state index contributed by atoms with van der Waals surface area (Å²) in [5.74, 6) is -0.310. The number of alkyl halides is 3. The van der Waals surface area contributed by atoms with E-state index < -0.39 is 19.4 Å². The quantitative estimate of drug-likeness (QED) is 0.778. The molecular formula is C10H11F3O2S. The molecule has 1 heterocycles. The number of thiophene rings is 1. The number of ketones is 1. The number of rotatable bonds is 6. The number of aryl methyl sites for hydroxylation is 1. The van der Waals surface area contributed by atoms with Crippen LogP contribution >= 0.6 is 11.3 Å². The second kappa shape index (κ2) is 6.00. The molecule has 0 saturated carbocycles. The zero-order valence-electron chi connectivity index (χ0n) is 8.42. The average molecular weight is 252 g/mol. The second-order valence-electron chi connectivity index (χ2n) is 3.28. The fourth-order valence-electron chi connectivity index (χ4n) is 1.07. The molecule has 0 bridgehead atoms. The Morgan fingerprint density at radius 2 is 2.19 bits per heavy atom. The molecule has 16 heavy (non-hydrogen) atoms. The van der Waals surface area contributed by atoms with Gasteiger partial charge in [-0.2, -0.15) is 24.5 Å². The summed E-state index contributed by atoms with van der Waals surface area (Å²) >= 11 is 1.52. The number of Topliss-reactive ketones (excluding diaryl/α,β-unsaturated/α-hetero) is 1. The van der Waals surface area contributed by atoms with E-state index in [2.05, 4.69) is 4.74 Å². The molecule has 0 aliphatic heterocycles. The lowest BCUT2D eigenvalue weighted by Crippen LogP contribution is -2.20. The first-order valence-corrected chi connectivity index (χ1v) is 5.59. The normalized spacial score (nSPS) is 11.7. The Hall–Kier alpha value is -0.880. The van der Waals surface area contributed by atoms with Gasteiger partial charge in [0.2, 0.25) is 0 Å². The van der Waals surface area contributed by atoms with Crippen LogP contribution in [0.5, 0.6) is 0 Å². The summed E-state index contributed by atoms with van der Waals surface area (Å²) in [7, 11) is 0. The summed E-state index contributed by atoms with van der Waals surface area (Å²) in [6.07, 6.45) is -3.60. The largest absolute Gasteiger partial charge is 0.411 e. The number of ether oxygens (including phenoxy) is 1. The second-order valence-corrected chi connectivity index (χ2v) is 4.06. The molecule has 0 aromatic carbocycles. The van der Waals surface area contributed by atoms with E-state index in [1.54, 1.807) is 0 Å². The van der Waals surface area contributed by atoms with Crippen molar-refractivity contribution >= 4 is 17.1 Å². The van der Waals surface area contributed by atoms with Gasteiger partial charge < -0.3 is 4.74 Å². The highest BCUT2D eigenvalue weighted by Gasteiger charge is 2.27. The van der Waals surface area contributed by atoms with Crippen molar-refractivity contribution in [1.82, 2.24) is 0 Å². The van der Waals surface area contributed by atoms with Crippen LogP contribution in [-0.4, -0.2) is 25.2 Å². The predicted octanol–water partition coefficient (Wildman–Crippen LogP) is 2.83. The van der Waals surface area contributed by atoms with E-state index in [9.17, 15) is 18.0 Å². The molecule has 90 valence electrons. The number of carbonyl (C=O) groups excluding carboxylic acids is 1. The molecule has 0 amide bonds. The zero-order valence-corrected chi connectivity index (χ0v) is 9.24. The zero-order chi connectivity index (χ0) is 12.0. The third kappa shape index (κ3) is 5.87. The summed E-state index contributed by atoms with van der Waals surface area (Å²) in [6, 6.07) is 1.88. The summed E-state index contributed by atoms with van der Waals surface area (Å²) in [4.78, 5) is 11.1. The van der Waals surface area contributed by atoms with Crippen LogP contribution in [0.25, 0.3) is 0 Å². The Morgan fingerprint density at radius 1 is 1.44 bits per heavy atom. The van der Waals surface area contributed by atoms with Crippen LogP contribution in [0.2, 0.25) is 0 Å². The minimum atomic E-state index is -4.37. The van der Waals surface area contributed by atoms with Gasteiger partial charge in [-0.05, 0) is 28.8 Å². The summed E-state index contributed by atoms with van der Waals surface area (Å²) < 4.78 is 39.3. The predicted molar refractivity (Wildman–Crippen MR) is 54.5 cm³/mol. The Bertz CT molecular complexity index is 319. The van der Waals surface area contributed by atoms with E-state index in [0.717, 1.165) is 5.56 Å². The number of hydrogen-bond donors (Lipinski definition) is 0. The van der Waals surface area contributed by atoms with Gasteiger partial charge in [-0.3, -0.25) is 4.79 Å². The van der Waals surface area contributed by atoms with Gasteiger partial charge in [0.25, 0.3) is 0 Å². The van der Waals surface area contributed by atoms with Crippen molar-refractivity contribution < 1.29 is 22.7 Å². The van der Waals surface area contributed by atoms with Gasteiger partial charge in [0.05, 0.1) is 0 Å². The highest BCUT2D eigenvalue weighted by Crippen LogP contribution is 2.14. The SMILES string of the molecule is O=C(CCc1ccsc1)COCC(F)(F)F. The van der Waals surface area contributed by atoms with Crippen molar-refractivity contribution in [3.63, 3.8) is 0 Å². The van der Waals surface area contributed by atoms with Gasteiger partial charge in [0, 0.05) is 6.42 Å². The van der Waals surface area contributed by atoms with Gasteiger partial charge in [0.15, 0.2) is 5.78 Å². The van der Waals surface area contributed by atoms with Gasteiger partial charge in [-0.15, -0.1) is 0 Å². The highest BCUT2D eigenvalue weighted by atomic mass is 32.1. The Kier molecular flexibility index (Phi) is 4.95. The lowest BCUT2D eigenvalue weighted by molar-refractivity contribution is -0.175. The van der Waals surface area contributed by atoms with Crippen LogP contribution < -0.4 is 0 Å².